The van der Waals surface area contributed by atoms with Gasteiger partial charge in [0.25, 0.3) is 11.6 Å². The van der Waals surface area contributed by atoms with Crippen LogP contribution in [0.25, 0.3) is 33.4 Å². The summed E-state index contributed by atoms with van der Waals surface area (Å²) in [6.07, 6.45) is 0. The molecule has 5 aromatic rings. The highest BCUT2D eigenvalue weighted by Crippen LogP contribution is 2.32. The van der Waals surface area contributed by atoms with E-state index in [1.54, 1.807) is 29.6 Å². The third-order valence-corrected chi connectivity index (χ3v) is 6.59. The molecule has 0 atom stereocenters. The van der Waals surface area contributed by atoms with E-state index in [-0.39, 0.29) is 11.6 Å². The van der Waals surface area contributed by atoms with Crippen LogP contribution in [0.3, 0.4) is 0 Å². The molecule has 3 aromatic carbocycles. The van der Waals surface area contributed by atoms with Crippen LogP contribution in [-0.2, 0) is 0 Å². The number of fused-ring (bicyclic) bond motifs is 1. The SMILES string of the molecule is Cc1c(-c2ccc(Cl)cc2)nc2ccccc2c1C(=O)Nc1nc(-c2ccc([N+](=O)[O-])cc2)cs1. The van der Waals surface area contributed by atoms with Gasteiger partial charge in [0, 0.05) is 39.0 Å². The van der Waals surface area contributed by atoms with E-state index in [9.17, 15) is 14.9 Å². The lowest BCUT2D eigenvalue weighted by atomic mass is 9.97. The number of amides is 1. The summed E-state index contributed by atoms with van der Waals surface area (Å²) in [5, 5.41) is 17.4. The zero-order valence-electron chi connectivity index (χ0n) is 18.4. The van der Waals surface area contributed by atoms with Gasteiger partial charge in [-0.25, -0.2) is 9.97 Å². The van der Waals surface area contributed by atoms with E-state index in [0.29, 0.717) is 32.6 Å². The summed E-state index contributed by atoms with van der Waals surface area (Å²) in [5.74, 6) is -0.291. The molecular formula is C26H17ClN4O3S. The molecule has 7 nitrogen and oxygen atoms in total. The molecule has 172 valence electrons. The first kappa shape index (κ1) is 22.6. The number of non-ortho nitro benzene ring substituents is 1. The van der Waals surface area contributed by atoms with Gasteiger partial charge in [0.15, 0.2) is 5.13 Å². The average molecular weight is 501 g/mol. The second-order valence-electron chi connectivity index (χ2n) is 7.78. The van der Waals surface area contributed by atoms with Crippen molar-refractivity contribution < 1.29 is 9.72 Å². The fourth-order valence-electron chi connectivity index (χ4n) is 3.87. The Kier molecular flexibility index (Phi) is 5.98. The van der Waals surface area contributed by atoms with Gasteiger partial charge in [0.1, 0.15) is 0 Å². The van der Waals surface area contributed by atoms with Gasteiger partial charge in [-0.05, 0) is 42.8 Å². The Morgan fingerprint density at radius 1 is 0.971 bits per heavy atom. The minimum Gasteiger partial charge on any atom is -0.298 e. The van der Waals surface area contributed by atoms with Gasteiger partial charge in [0.2, 0.25) is 0 Å². The minimum absolute atomic E-state index is 0.00837. The Hall–Kier alpha value is -4.14. The van der Waals surface area contributed by atoms with Crippen LogP contribution in [0.5, 0.6) is 0 Å². The Morgan fingerprint density at radius 2 is 1.66 bits per heavy atom. The molecule has 5 rings (SSSR count). The zero-order valence-corrected chi connectivity index (χ0v) is 19.9. The largest absolute Gasteiger partial charge is 0.298 e. The topological polar surface area (TPSA) is 98.0 Å². The van der Waals surface area contributed by atoms with Gasteiger partial charge >= 0.3 is 0 Å². The van der Waals surface area contributed by atoms with Crippen molar-refractivity contribution in [2.75, 3.05) is 5.32 Å². The molecule has 0 aliphatic heterocycles. The van der Waals surface area contributed by atoms with Gasteiger partial charge in [-0.3, -0.25) is 20.2 Å². The van der Waals surface area contributed by atoms with E-state index in [2.05, 4.69) is 10.3 Å². The molecule has 0 bridgehead atoms. The summed E-state index contributed by atoms with van der Waals surface area (Å²) < 4.78 is 0. The summed E-state index contributed by atoms with van der Waals surface area (Å²) in [7, 11) is 0. The quantitative estimate of drug-likeness (QED) is 0.204. The summed E-state index contributed by atoms with van der Waals surface area (Å²) in [6.45, 7) is 1.88. The molecular weight excluding hydrogens is 484 g/mol. The maximum Gasteiger partial charge on any atom is 0.269 e. The predicted octanol–water partition coefficient (Wildman–Crippen LogP) is 7.15. The number of benzene rings is 3. The van der Waals surface area contributed by atoms with Crippen molar-refractivity contribution >= 4 is 50.6 Å². The molecule has 9 heteroatoms. The predicted molar refractivity (Wildman–Crippen MR) is 139 cm³/mol. The second kappa shape index (κ2) is 9.25. The lowest BCUT2D eigenvalue weighted by Gasteiger charge is -2.14. The van der Waals surface area contributed by atoms with Crippen molar-refractivity contribution in [1.82, 2.24) is 9.97 Å². The summed E-state index contributed by atoms with van der Waals surface area (Å²) in [5.41, 5.74) is 4.90. The van der Waals surface area contributed by atoms with Crippen molar-refractivity contribution in [3.8, 4) is 22.5 Å². The summed E-state index contributed by atoms with van der Waals surface area (Å²) >= 11 is 7.34. The molecule has 0 unspecified atom stereocenters. The fourth-order valence-corrected chi connectivity index (χ4v) is 4.71. The van der Waals surface area contributed by atoms with Crippen LogP contribution < -0.4 is 5.32 Å². The number of halogens is 1. The maximum atomic E-state index is 13.5. The number of aromatic nitrogens is 2. The number of hydrogen-bond donors (Lipinski definition) is 1. The Bertz CT molecular complexity index is 1580. The number of nitrogens with one attached hydrogen (secondary N) is 1. The molecule has 0 fully saturated rings. The third kappa shape index (κ3) is 4.49. The third-order valence-electron chi connectivity index (χ3n) is 5.58. The highest BCUT2D eigenvalue weighted by atomic mass is 35.5. The standard InChI is InChI=1S/C26H17ClN4O3S/c1-15-23(20-4-2-3-5-21(20)28-24(15)17-6-10-18(27)11-7-17)25(32)30-26-29-22(14-35-26)16-8-12-19(13-9-16)31(33)34/h2-14H,1H3,(H,29,30,32). The number of nitro groups is 1. The van der Waals surface area contributed by atoms with E-state index in [1.807, 2.05) is 43.3 Å². The molecule has 0 saturated heterocycles. The molecule has 0 aliphatic carbocycles. The number of anilines is 1. The van der Waals surface area contributed by atoms with Crippen LogP contribution >= 0.6 is 22.9 Å². The van der Waals surface area contributed by atoms with Crippen molar-refractivity contribution in [3.63, 3.8) is 0 Å². The van der Waals surface area contributed by atoms with Crippen molar-refractivity contribution in [2.24, 2.45) is 0 Å². The van der Waals surface area contributed by atoms with Gasteiger partial charge in [-0.15, -0.1) is 11.3 Å². The maximum absolute atomic E-state index is 13.5. The second-order valence-corrected chi connectivity index (χ2v) is 9.07. The summed E-state index contributed by atoms with van der Waals surface area (Å²) in [6, 6.07) is 21.0. The van der Waals surface area contributed by atoms with Crippen LogP contribution in [0, 0.1) is 17.0 Å². The number of rotatable bonds is 5. The number of carbonyl (C=O) groups excluding carboxylic acids is 1. The van der Waals surface area contributed by atoms with E-state index in [1.165, 1.54) is 23.5 Å². The molecule has 0 aliphatic rings. The number of nitro benzene ring substituents is 1. The van der Waals surface area contributed by atoms with Crippen LogP contribution in [0.2, 0.25) is 5.02 Å². The van der Waals surface area contributed by atoms with Gasteiger partial charge in [-0.2, -0.15) is 0 Å². The minimum atomic E-state index is -0.448. The van der Waals surface area contributed by atoms with Gasteiger partial charge in [-0.1, -0.05) is 41.9 Å². The van der Waals surface area contributed by atoms with Crippen LogP contribution in [0.15, 0.2) is 78.2 Å². The Morgan fingerprint density at radius 3 is 2.37 bits per heavy atom. The first-order valence-corrected chi connectivity index (χ1v) is 11.8. The lowest BCUT2D eigenvalue weighted by Crippen LogP contribution is -2.15. The van der Waals surface area contributed by atoms with Crippen molar-refractivity contribution in [3.05, 3.63) is 104 Å². The number of para-hydroxylation sites is 1. The molecule has 1 amide bonds. The number of thiazole rings is 1. The number of carbonyl (C=O) groups is 1. The first-order chi connectivity index (χ1) is 16.9. The molecule has 2 aromatic heterocycles. The fraction of sp³-hybridized carbons (Fsp3) is 0.0385. The van der Waals surface area contributed by atoms with E-state index in [4.69, 9.17) is 16.6 Å². The van der Waals surface area contributed by atoms with Crippen molar-refractivity contribution in [2.45, 2.75) is 6.92 Å². The Labute approximate surface area is 209 Å². The average Bonchev–Trinajstić information content (AvgIpc) is 3.32. The number of pyridine rings is 1. The first-order valence-electron chi connectivity index (χ1n) is 10.6. The van der Waals surface area contributed by atoms with E-state index < -0.39 is 4.92 Å². The Balaban J connectivity index is 1.50. The molecule has 2 heterocycles. The van der Waals surface area contributed by atoms with Gasteiger partial charge in [0.05, 0.1) is 27.4 Å². The molecule has 1 N–H and O–H groups in total. The summed E-state index contributed by atoms with van der Waals surface area (Å²) in [4.78, 5) is 33.2. The van der Waals surface area contributed by atoms with Gasteiger partial charge < -0.3 is 0 Å². The smallest absolute Gasteiger partial charge is 0.269 e. The molecule has 35 heavy (non-hydrogen) atoms. The highest BCUT2D eigenvalue weighted by Gasteiger charge is 2.20. The van der Waals surface area contributed by atoms with E-state index >= 15 is 0 Å². The zero-order chi connectivity index (χ0) is 24.5. The molecule has 0 saturated carbocycles. The molecule has 0 radical (unpaired) electrons. The van der Waals surface area contributed by atoms with Crippen molar-refractivity contribution in [1.29, 1.82) is 0 Å². The number of nitrogens with zero attached hydrogens (tertiary/aromatic N) is 3. The lowest BCUT2D eigenvalue weighted by molar-refractivity contribution is -0.384. The monoisotopic (exact) mass is 500 g/mol. The normalized spacial score (nSPS) is 10.9. The van der Waals surface area contributed by atoms with Crippen LogP contribution in [0.4, 0.5) is 10.8 Å². The van der Waals surface area contributed by atoms with Crippen LogP contribution in [-0.4, -0.2) is 20.8 Å². The highest BCUT2D eigenvalue weighted by molar-refractivity contribution is 7.14. The van der Waals surface area contributed by atoms with E-state index in [0.717, 1.165) is 22.1 Å². The number of hydrogen-bond acceptors (Lipinski definition) is 6. The van der Waals surface area contributed by atoms with Crippen LogP contribution in [0.1, 0.15) is 15.9 Å². The molecule has 0 spiro atoms.